The Hall–Kier alpha value is -2.86. The number of aromatic hydroxyl groups is 1. The van der Waals surface area contributed by atoms with Gasteiger partial charge in [0.15, 0.2) is 0 Å². The second-order valence-corrected chi connectivity index (χ2v) is 8.51. The summed E-state index contributed by atoms with van der Waals surface area (Å²) >= 11 is 6.08. The van der Waals surface area contributed by atoms with Crippen LogP contribution in [0.4, 0.5) is 4.39 Å². The van der Waals surface area contributed by atoms with Crippen molar-refractivity contribution in [1.29, 1.82) is 0 Å². The molecule has 1 atom stereocenters. The number of hydrogen-bond donors (Lipinski definition) is 2. The van der Waals surface area contributed by atoms with Gasteiger partial charge in [-0.1, -0.05) is 32.4 Å². The minimum Gasteiger partial charge on any atom is -0.506 e. The van der Waals surface area contributed by atoms with Gasteiger partial charge in [0.05, 0.1) is 16.5 Å². The Bertz CT molecular complexity index is 1130. The van der Waals surface area contributed by atoms with Crippen molar-refractivity contribution >= 4 is 34.4 Å². The third kappa shape index (κ3) is 3.60. The van der Waals surface area contributed by atoms with Crippen LogP contribution in [0.3, 0.4) is 0 Å². The number of aromatic nitrogens is 1. The number of carbonyl (C=O) groups is 2. The first-order valence-corrected chi connectivity index (χ1v) is 9.37. The highest BCUT2D eigenvalue weighted by atomic mass is 35.5. The summed E-state index contributed by atoms with van der Waals surface area (Å²) in [6.07, 6.45) is 0. The number of carbonyl (C=O) groups excluding carboxylic acids is 1. The molecule has 0 spiro atoms. The molecule has 5 nitrogen and oxygen atoms in total. The molecule has 1 unspecified atom stereocenters. The Balaban J connectivity index is 2.38. The molecular weight excluding hydrogens is 397 g/mol. The van der Waals surface area contributed by atoms with Gasteiger partial charge in [-0.05, 0) is 54.3 Å². The normalized spacial score (nSPS) is 12.9. The number of phenolic OH excluding ortho intramolecular Hbond substituents is 1. The maximum absolute atomic E-state index is 13.3. The minimum atomic E-state index is -1.04. The molecule has 3 rings (SSSR count). The van der Waals surface area contributed by atoms with Gasteiger partial charge < -0.3 is 10.2 Å². The largest absolute Gasteiger partial charge is 0.506 e. The zero-order valence-electron chi connectivity index (χ0n) is 16.5. The molecule has 3 aromatic rings. The number of carboxylic acid groups (broad SMARTS) is 1. The fraction of sp³-hybridized carbons (Fsp3) is 0.273. The summed E-state index contributed by atoms with van der Waals surface area (Å²) in [5.74, 6) is -3.09. The molecule has 2 aromatic carbocycles. The van der Waals surface area contributed by atoms with E-state index in [1.807, 2.05) is 0 Å². The summed E-state index contributed by atoms with van der Waals surface area (Å²) in [5.41, 5.74) is 0.819. The lowest BCUT2D eigenvalue weighted by atomic mass is 9.75. The number of rotatable bonds is 3. The summed E-state index contributed by atoms with van der Waals surface area (Å²) in [5, 5.41) is 20.5. The van der Waals surface area contributed by atoms with Crippen LogP contribution in [0.25, 0.3) is 10.9 Å². The number of aliphatic carboxylic acids is 1. The number of benzene rings is 2. The maximum atomic E-state index is 13.3. The van der Waals surface area contributed by atoms with Gasteiger partial charge in [-0.15, -0.1) is 0 Å². The van der Waals surface area contributed by atoms with Gasteiger partial charge in [-0.3, -0.25) is 14.2 Å². The monoisotopic (exact) mass is 417 g/mol. The lowest BCUT2D eigenvalue weighted by Gasteiger charge is -2.27. The quantitative estimate of drug-likeness (QED) is 0.602. The van der Waals surface area contributed by atoms with Gasteiger partial charge in [0, 0.05) is 16.6 Å². The first-order valence-electron chi connectivity index (χ1n) is 9.00. The Morgan fingerprint density at radius 1 is 1.14 bits per heavy atom. The van der Waals surface area contributed by atoms with Crippen LogP contribution in [0.5, 0.6) is 5.75 Å². The molecule has 29 heavy (non-hydrogen) atoms. The zero-order valence-corrected chi connectivity index (χ0v) is 17.2. The fourth-order valence-corrected chi connectivity index (χ4v) is 3.88. The minimum absolute atomic E-state index is 0.0392. The molecule has 7 heteroatoms. The molecule has 0 bridgehead atoms. The van der Waals surface area contributed by atoms with Crippen LogP contribution in [-0.2, 0) is 4.79 Å². The van der Waals surface area contributed by atoms with Crippen molar-refractivity contribution in [3.63, 3.8) is 0 Å². The van der Waals surface area contributed by atoms with Crippen LogP contribution in [0.2, 0.25) is 5.02 Å². The van der Waals surface area contributed by atoms with Crippen LogP contribution in [0.15, 0.2) is 36.4 Å². The molecule has 0 saturated heterocycles. The number of halogens is 2. The standard InChI is InChI=1S/C22H21ClFNO4/c1-11-18(19(21(28)29)22(2,3)4)14-9-17(26)15(23)10-16(14)25(11)20(27)12-5-7-13(24)8-6-12/h5-10,19,26H,1-4H3,(H,28,29). The summed E-state index contributed by atoms with van der Waals surface area (Å²) in [6.45, 7) is 7.05. The highest BCUT2D eigenvalue weighted by molar-refractivity contribution is 6.33. The number of fused-ring (bicyclic) bond motifs is 1. The molecule has 0 saturated carbocycles. The van der Waals surface area contributed by atoms with Gasteiger partial charge in [0.1, 0.15) is 11.6 Å². The van der Waals surface area contributed by atoms with E-state index in [9.17, 15) is 24.2 Å². The number of carboxylic acids is 1. The van der Waals surface area contributed by atoms with E-state index in [0.717, 1.165) is 0 Å². The lowest BCUT2D eigenvalue weighted by Crippen LogP contribution is -2.27. The maximum Gasteiger partial charge on any atom is 0.311 e. The zero-order chi connectivity index (χ0) is 21.7. The van der Waals surface area contributed by atoms with Gasteiger partial charge in [0.2, 0.25) is 0 Å². The first kappa shape index (κ1) is 20.9. The smallest absolute Gasteiger partial charge is 0.311 e. The average Bonchev–Trinajstić information content (AvgIpc) is 2.86. The van der Waals surface area contributed by atoms with Gasteiger partial charge in [-0.2, -0.15) is 0 Å². The van der Waals surface area contributed by atoms with Gasteiger partial charge in [-0.25, -0.2) is 4.39 Å². The highest BCUT2D eigenvalue weighted by Gasteiger charge is 2.37. The molecule has 1 aromatic heterocycles. The van der Waals surface area contributed by atoms with Crippen molar-refractivity contribution in [3.8, 4) is 5.75 Å². The molecule has 0 fully saturated rings. The van der Waals surface area contributed by atoms with Crippen molar-refractivity contribution in [3.05, 3.63) is 64.1 Å². The summed E-state index contributed by atoms with van der Waals surface area (Å²) in [4.78, 5) is 25.4. The molecule has 2 N–H and O–H groups in total. The Labute approximate surface area is 172 Å². The molecule has 0 radical (unpaired) electrons. The van der Waals surface area contributed by atoms with Crippen LogP contribution in [-0.4, -0.2) is 26.7 Å². The Morgan fingerprint density at radius 2 is 1.72 bits per heavy atom. The van der Waals surface area contributed by atoms with E-state index < -0.39 is 29.0 Å². The Morgan fingerprint density at radius 3 is 2.24 bits per heavy atom. The molecule has 0 amide bonds. The molecule has 0 aliphatic carbocycles. The van der Waals surface area contributed by atoms with Crippen molar-refractivity contribution in [2.75, 3.05) is 0 Å². The predicted molar refractivity (Wildman–Crippen MR) is 109 cm³/mol. The van der Waals surface area contributed by atoms with E-state index in [-0.39, 0.29) is 16.3 Å². The molecule has 152 valence electrons. The van der Waals surface area contributed by atoms with Crippen molar-refractivity contribution in [2.45, 2.75) is 33.6 Å². The van der Waals surface area contributed by atoms with E-state index in [4.69, 9.17) is 11.6 Å². The number of phenols is 1. The third-order valence-corrected chi connectivity index (χ3v) is 5.32. The second-order valence-electron chi connectivity index (χ2n) is 8.10. The topological polar surface area (TPSA) is 79.5 Å². The van der Waals surface area contributed by atoms with E-state index in [2.05, 4.69) is 0 Å². The highest BCUT2D eigenvalue weighted by Crippen LogP contribution is 2.44. The first-order chi connectivity index (χ1) is 13.4. The van der Waals surface area contributed by atoms with Crippen molar-refractivity contribution < 1.29 is 24.2 Å². The lowest BCUT2D eigenvalue weighted by molar-refractivity contribution is -0.141. The predicted octanol–water partition coefficient (Wildman–Crippen LogP) is 5.35. The van der Waals surface area contributed by atoms with E-state index in [1.54, 1.807) is 27.7 Å². The van der Waals surface area contributed by atoms with Crippen LogP contribution < -0.4 is 0 Å². The molecule has 0 aliphatic heterocycles. The number of hydrogen-bond acceptors (Lipinski definition) is 3. The Kier molecular flexibility index (Phi) is 5.17. The molecular formula is C22H21ClFNO4. The van der Waals surface area contributed by atoms with Crippen molar-refractivity contribution in [1.82, 2.24) is 4.57 Å². The summed E-state index contributed by atoms with van der Waals surface area (Å²) in [6, 6.07) is 7.92. The average molecular weight is 418 g/mol. The fourth-order valence-electron chi connectivity index (χ4n) is 3.72. The van der Waals surface area contributed by atoms with Crippen LogP contribution in [0.1, 0.15) is 48.3 Å². The SMILES string of the molecule is Cc1c(C(C(=O)O)C(C)(C)C)c2cc(O)c(Cl)cc2n1C(=O)c1ccc(F)cc1. The molecule has 0 aliphatic rings. The van der Waals surface area contributed by atoms with E-state index >= 15 is 0 Å². The van der Waals surface area contributed by atoms with E-state index in [0.29, 0.717) is 22.2 Å². The van der Waals surface area contributed by atoms with Crippen LogP contribution >= 0.6 is 11.6 Å². The van der Waals surface area contributed by atoms with E-state index in [1.165, 1.54) is 41.0 Å². The summed E-state index contributed by atoms with van der Waals surface area (Å²) in [7, 11) is 0. The number of nitrogens with zero attached hydrogens (tertiary/aromatic N) is 1. The van der Waals surface area contributed by atoms with Crippen LogP contribution in [0, 0.1) is 18.2 Å². The van der Waals surface area contributed by atoms with Gasteiger partial charge >= 0.3 is 5.97 Å². The van der Waals surface area contributed by atoms with Crippen molar-refractivity contribution in [2.24, 2.45) is 5.41 Å². The molecule has 1 heterocycles. The summed E-state index contributed by atoms with van der Waals surface area (Å²) < 4.78 is 14.6. The van der Waals surface area contributed by atoms with Gasteiger partial charge in [0.25, 0.3) is 5.91 Å². The second kappa shape index (κ2) is 7.19. The third-order valence-electron chi connectivity index (χ3n) is 5.02.